The normalized spacial score (nSPS) is 11.3. The number of halogens is 2. The minimum atomic E-state index is -3.71. The first-order valence-electron chi connectivity index (χ1n) is 5.16. The highest BCUT2D eigenvalue weighted by molar-refractivity contribution is 9.10. The Balaban J connectivity index is 2.30. The molecular weight excluding hydrogens is 354 g/mol. The van der Waals surface area contributed by atoms with Gasteiger partial charge >= 0.3 is 0 Å². The molecule has 2 rings (SSSR count). The predicted molar refractivity (Wildman–Crippen MR) is 76.7 cm³/mol. The highest BCUT2D eigenvalue weighted by Gasteiger charge is 2.15. The van der Waals surface area contributed by atoms with Gasteiger partial charge in [0.05, 0.1) is 5.69 Å². The SMILES string of the molecule is Cc1nc(NS(=O)(=O)c2ccc(Cl)nc2)ccc1Br. The van der Waals surface area contributed by atoms with E-state index in [0.29, 0.717) is 5.69 Å². The maximum absolute atomic E-state index is 12.1. The molecule has 8 heteroatoms. The van der Waals surface area contributed by atoms with Gasteiger partial charge in [-0.15, -0.1) is 0 Å². The van der Waals surface area contributed by atoms with E-state index < -0.39 is 10.0 Å². The van der Waals surface area contributed by atoms with Crippen molar-refractivity contribution in [1.82, 2.24) is 9.97 Å². The average Bonchev–Trinajstić information content (AvgIpc) is 2.34. The summed E-state index contributed by atoms with van der Waals surface area (Å²) in [5.41, 5.74) is 0.689. The monoisotopic (exact) mass is 361 g/mol. The zero-order chi connectivity index (χ0) is 14.0. The van der Waals surface area contributed by atoms with Crippen LogP contribution in [0.3, 0.4) is 0 Å². The largest absolute Gasteiger partial charge is 0.264 e. The number of rotatable bonds is 3. The Kier molecular flexibility index (Phi) is 4.07. The number of anilines is 1. The van der Waals surface area contributed by atoms with Crippen molar-refractivity contribution in [3.05, 3.63) is 45.8 Å². The van der Waals surface area contributed by atoms with Crippen LogP contribution in [0.4, 0.5) is 5.82 Å². The lowest BCUT2D eigenvalue weighted by Gasteiger charge is -2.08. The van der Waals surface area contributed by atoms with Crippen molar-refractivity contribution in [2.75, 3.05) is 4.72 Å². The summed E-state index contributed by atoms with van der Waals surface area (Å²) in [4.78, 5) is 7.88. The molecule has 0 fully saturated rings. The molecule has 1 N–H and O–H groups in total. The Morgan fingerprint density at radius 3 is 2.58 bits per heavy atom. The summed E-state index contributed by atoms with van der Waals surface area (Å²) in [6.45, 7) is 1.77. The van der Waals surface area contributed by atoms with Crippen LogP contribution >= 0.6 is 27.5 Å². The molecule has 19 heavy (non-hydrogen) atoms. The van der Waals surface area contributed by atoms with Crippen molar-refractivity contribution < 1.29 is 8.42 Å². The van der Waals surface area contributed by atoms with Gasteiger partial charge in [-0.2, -0.15) is 0 Å². The van der Waals surface area contributed by atoms with E-state index >= 15 is 0 Å². The second-order valence-electron chi connectivity index (χ2n) is 3.69. The van der Waals surface area contributed by atoms with Crippen molar-refractivity contribution in [1.29, 1.82) is 0 Å². The summed E-state index contributed by atoms with van der Waals surface area (Å²) in [7, 11) is -3.71. The third-order valence-electron chi connectivity index (χ3n) is 2.27. The fourth-order valence-electron chi connectivity index (χ4n) is 1.32. The number of sulfonamides is 1. The maximum atomic E-state index is 12.1. The summed E-state index contributed by atoms with van der Waals surface area (Å²) in [6, 6.07) is 6.08. The van der Waals surface area contributed by atoms with Gasteiger partial charge in [-0.05, 0) is 47.1 Å². The van der Waals surface area contributed by atoms with Gasteiger partial charge < -0.3 is 0 Å². The van der Waals surface area contributed by atoms with Gasteiger partial charge in [0.2, 0.25) is 0 Å². The van der Waals surface area contributed by atoms with Crippen LogP contribution in [0.2, 0.25) is 5.15 Å². The lowest BCUT2D eigenvalue weighted by molar-refractivity contribution is 0.600. The van der Waals surface area contributed by atoms with Gasteiger partial charge in [-0.25, -0.2) is 18.4 Å². The van der Waals surface area contributed by atoms with Crippen LogP contribution in [-0.4, -0.2) is 18.4 Å². The predicted octanol–water partition coefficient (Wildman–Crippen LogP) is 3.00. The fraction of sp³-hybridized carbons (Fsp3) is 0.0909. The third kappa shape index (κ3) is 3.43. The van der Waals surface area contributed by atoms with Gasteiger partial charge in [0.1, 0.15) is 15.9 Å². The molecule has 2 heterocycles. The maximum Gasteiger partial charge on any atom is 0.264 e. The Morgan fingerprint density at radius 1 is 1.26 bits per heavy atom. The molecule has 0 amide bonds. The molecule has 100 valence electrons. The molecular formula is C11H9BrClN3O2S. The Hall–Kier alpha value is -1.18. The molecule has 0 aliphatic heterocycles. The number of nitrogens with one attached hydrogen (secondary N) is 1. The van der Waals surface area contributed by atoms with Crippen LogP contribution < -0.4 is 4.72 Å². The number of hydrogen-bond acceptors (Lipinski definition) is 4. The number of pyridine rings is 2. The first-order valence-corrected chi connectivity index (χ1v) is 7.81. The molecule has 0 aromatic carbocycles. The van der Waals surface area contributed by atoms with Crippen molar-refractivity contribution in [2.24, 2.45) is 0 Å². The van der Waals surface area contributed by atoms with Crippen LogP contribution in [0.15, 0.2) is 39.8 Å². The molecule has 0 saturated carbocycles. The first kappa shape index (κ1) is 14.2. The van der Waals surface area contributed by atoms with Gasteiger partial charge in [0.25, 0.3) is 10.0 Å². The Morgan fingerprint density at radius 2 is 2.00 bits per heavy atom. The molecule has 0 unspecified atom stereocenters. The lowest BCUT2D eigenvalue weighted by Crippen LogP contribution is -2.14. The van der Waals surface area contributed by atoms with Gasteiger partial charge in [0, 0.05) is 10.7 Å². The Labute approximate surface area is 124 Å². The number of aromatic nitrogens is 2. The van der Waals surface area contributed by atoms with E-state index in [1.165, 1.54) is 18.3 Å². The molecule has 2 aromatic heterocycles. The summed E-state index contributed by atoms with van der Waals surface area (Å²) in [5.74, 6) is 0.246. The zero-order valence-electron chi connectivity index (χ0n) is 9.76. The van der Waals surface area contributed by atoms with Crippen LogP contribution in [0.5, 0.6) is 0 Å². The molecule has 0 aliphatic rings. The highest BCUT2D eigenvalue weighted by atomic mass is 79.9. The molecule has 0 atom stereocenters. The van der Waals surface area contributed by atoms with E-state index in [0.717, 1.165) is 4.47 Å². The van der Waals surface area contributed by atoms with Gasteiger partial charge in [-0.3, -0.25) is 4.72 Å². The van der Waals surface area contributed by atoms with E-state index in [1.807, 2.05) is 0 Å². The van der Waals surface area contributed by atoms with E-state index in [1.54, 1.807) is 19.1 Å². The van der Waals surface area contributed by atoms with E-state index in [-0.39, 0.29) is 15.9 Å². The summed E-state index contributed by atoms with van der Waals surface area (Å²) in [5, 5.41) is 0.233. The zero-order valence-corrected chi connectivity index (χ0v) is 12.9. The summed E-state index contributed by atoms with van der Waals surface area (Å²) < 4.78 is 27.3. The second-order valence-corrected chi connectivity index (χ2v) is 6.61. The van der Waals surface area contributed by atoms with Crippen LogP contribution in [0.1, 0.15) is 5.69 Å². The van der Waals surface area contributed by atoms with Crippen LogP contribution in [0, 0.1) is 6.92 Å². The summed E-state index contributed by atoms with van der Waals surface area (Å²) in [6.07, 6.45) is 1.19. The molecule has 0 spiro atoms. The molecule has 0 aliphatic carbocycles. The van der Waals surface area contributed by atoms with Crippen molar-refractivity contribution in [3.63, 3.8) is 0 Å². The topological polar surface area (TPSA) is 72.0 Å². The molecule has 0 radical (unpaired) electrons. The Bertz CT molecular complexity index is 704. The lowest BCUT2D eigenvalue weighted by atomic mass is 10.4. The molecule has 5 nitrogen and oxygen atoms in total. The molecule has 0 bridgehead atoms. The van der Waals surface area contributed by atoms with E-state index in [4.69, 9.17) is 11.6 Å². The minimum Gasteiger partial charge on any atom is -0.263 e. The van der Waals surface area contributed by atoms with Crippen molar-refractivity contribution >= 4 is 43.4 Å². The number of aryl methyl sites for hydroxylation is 1. The quantitative estimate of drug-likeness (QED) is 0.852. The van der Waals surface area contributed by atoms with Crippen molar-refractivity contribution in [3.8, 4) is 0 Å². The summed E-state index contributed by atoms with van der Waals surface area (Å²) >= 11 is 8.91. The number of nitrogens with zero attached hydrogens (tertiary/aromatic N) is 2. The smallest absolute Gasteiger partial charge is 0.263 e. The average molecular weight is 363 g/mol. The van der Waals surface area contributed by atoms with Crippen molar-refractivity contribution in [2.45, 2.75) is 11.8 Å². The van der Waals surface area contributed by atoms with Gasteiger partial charge in [-0.1, -0.05) is 11.6 Å². The van der Waals surface area contributed by atoms with E-state index in [2.05, 4.69) is 30.6 Å². The first-order chi connectivity index (χ1) is 8.88. The number of hydrogen-bond donors (Lipinski definition) is 1. The third-order valence-corrected chi connectivity index (χ3v) is 4.67. The standard InChI is InChI=1S/C11H9BrClN3O2S/c1-7-9(12)3-5-11(15-7)16-19(17,18)8-2-4-10(13)14-6-8/h2-6H,1H3,(H,15,16). The highest BCUT2D eigenvalue weighted by Crippen LogP contribution is 2.19. The minimum absolute atomic E-state index is 0.0271. The van der Waals surface area contributed by atoms with Crippen LogP contribution in [0.25, 0.3) is 0 Å². The molecule has 2 aromatic rings. The van der Waals surface area contributed by atoms with Crippen LogP contribution in [-0.2, 0) is 10.0 Å². The fourth-order valence-corrected chi connectivity index (χ4v) is 2.60. The van der Waals surface area contributed by atoms with E-state index in [9.17, 15) is 8.42 Å². The molecule has 0 saturated heterocycles. The second kappa shape index (κ2) is 5.44. The van der Waals surface area contributed by atoms with Gasteiger partial charge in [0.15, 0.2) is 0 Å².